The highest BCUT2D eigenvalue weighted by Gasteiger charge is 2.35. The predicted octanol–water partition coefficient (Wildman–Crippen LogP) is 2.83. The van der Waals surface area contributed by atoms with E-state index in [2.05, 4.69) is 59.3 Å². The number of rotatable bonds is 2. The highest BCUT2D eigenvalue weighted by atomic mass is 28.3. The van der Waals surface area contributed by atoms with Gasteiger partial charge in [0.1, 0.15) is 8.07 Å². The maximum atomic E-state index is 2.55. The fourth-order valence-corrected chi connectivity index (χ4v) is 7.75. The number of nitrogens with zero attached hydrogens (tertiary/aromatic N) is 2. The topological polar surface area (TPSA) is 6.48 Å². The Hall–Kier alpha value is -1.74. The Balaban J connectivity index is 1.59. The molecule has 2 aromatic carbocycles. The van der Waals surface area contributed by atoms with Gasteiger partial charge in [0.2, 0.25) is 0 Å². The van der Waals surface area contributed by atoms with E-state index < -0.39 is 8.07 Å². The Kier molecular flexibility index (Phi) is 3.11. The van der Waals surface area contributed by atoms with Crippen molar-refractivity contribution in [2.45, 2.75) is 32.4 Å². The largest absolute Gasteiger partial charge is 0.371 e. The summed E-state index contributed by atoms with van der Waals surface area (Å²) in [6, 6.07) is 14.6. The quantitative estimate of drug-likeness (QED) is 0.779. The number of hydrogen-bond donors (Lipinski definition) is 0. The Morgan fingerprint density at radius 1 is 0.708 bits per heavy atom. The van der Waals surface area contributed by atoms with E-state index in [1.54, 1.807) is 21.5 Å². The van der Waals surface area contributed by atoms with Crippen molar-refractivity contribution in [3.8, 4) is 0 Å². The summed E-state index contributed by atoms with van der Waals surface area (Å²) in [4.78, 5) is 5.05. The molecule has 2 saturated heterocycles. The van der Waals surface area contributed by atoms with Crippen molar-refractivity contribution < 1.29 is 0 Å². The van der Waals surface area contributed by atoms with Gasteiger partial charge in [-0.1, -0.05) is 25.2 Å². The Morgan fingerprint density at radius 3 is 1.54 bits per heavy atom. The van der Waals surface area contributed by atoms with Crippen LogP contribution in [0.2, 0.25) is 13.1 Å². The molecule has 0 aliphatic carbocycles. The number of anilines is 2. The second-order valence-corrected chi connectivity index (χ2v) is 12.5. The van der Waals surface area contributed by atoms with Crippen LogP contribution in [-0.2, 0) is 6.42 Å². The predicted molar refractivity (Wildman–Crippen MR) is 106 cm³/mol. The van der Waals surface area contributed by atoms with Crippen molar-refractivity contribution in [1.82, 2.24) is 0 Å². The molecule has 0 N–H and O–H groups in total. The van der Waals surface area contributed by atoms with Crippen LogP contribution in [0.25, 0.3) is 0 Å². The highest BCUT2D eigenvalue weighted by Crippen LogP contribution is 2.28. The molecule has 0 amide bonds. The summed E-state index contributed by atoms with van der Waals surface area (Å²) in [7, 11) is -1.62. The van der Waals surface area contributed by atoms with Gasteiger partial charge in [-0.2, -0.15) is 0 Å². The maximum Gasteiger partial charge on any atom is 0.113 e. The molecule has 3 aliphatic rings. The molecular formula is C21H26N2Si. The van der Waals surface area contributed by atoms with Crippen molar-refractivity contribution in [3.05, 3.63) is 47.5 Å². The van der Waals surface area contributed by atoms with Gasteiger partial charge in [-0.15, -0.1) is 0 Å². The van der Waals surface area contributed by atoms with Crippen LogP contribution in [0.5, 0.6) is 0 Å². The van der Waals surface area contributed by atoms with Crippen LogP contribution in [0.3, 0.4) is 0 Å². The van der Waals surface area contributed by atoms with Gasteiger partial charge in [-0.3, -0.25) is 0 Å². The number of fused-ring (bicyclic) bond motifs is 2. The van der Waals surface area contributed by atoms with E-state index in [0.29, 0.717) is 0 Å². The molecule has 3 heteroatoms. The molecule has 0 bridgehead atoms. The lowest BCUT2D eigenvalue weighted by molar-refractivity contribution is 0.617. The first-order chi connectivity index (χ1) is 11.6. The molecule has 5 rings (SSSR count). The van der Waals surface area contributed by atoms with Crippen LogP contribution in [0.4, 0.5) is 11.4 Å². The summed E-state index contributed by atoms with van der Waals surface area (Å²) in [6.07, 6.45) is 3.81. The minimum atomic E-state index is -1.62. The van der Waals surface area contributed by atoms with Crippen LogP contribution in [-0.4, -0.2) is 34.3 Å². The third-order valence-corrected chi connectivity index (χ3v) is 9.98. The summed E-state index contributed by atoms with van der Waals surface area (Å²) >= 11 is 0. The normalized spacial score (nSPS) is 20.8. The summed E-state index contributed by atoms with van der Waals surface area (Å²) in [6.45, 7) is 10.0. The van der Waals surface area contributed by atoms with Crippen molar-refractivity contribution >= 4 is 29.8 Å². The van der Waals surface area contributed by atoms with E-state index in [1.165, 1.54) is 50.4 Å². The molecule has 124 valence electrons. The second kappa shape index (κ2) is 5.12. The average molecular weight is 335 g/mol. The average Bonchev–Trinajstić information content (AvgIpc) is 2.45. The van der Waals surface area contributed by atoms with Crippen LogP contribution in [0, 0.1) is 0 Å². The molecule has 2 fully saturated rings. The Morgan fingerprint density at radius 2 is 1.17 bits per heavy atom. The van der Waals surface area contributed by atoms with E-state index in [1.807, 2.05) is 0 Å². The van der Waals surface area contributed by atoms with Gasteiger partial charge < -0.3 is 9.80 Å². The minimum Gasteiger partial charge on any atom is -0.371 e. The third-order valence-electron chi connectivity index (χ3n) is 6.36. The molecule has 0 aromatic heterocycles. The van der Waals surface area contributed by atoms with Crippen molar-refractivity contribution in [2.24, 2.45) is 0 Å². The van der Waals surface area contributed by atoms with Crippen LogP contribution < -0.4 is 20.2 Å². The molecule has 0 radical (unpaired) electrons. The van der Waals surface area contributed by atoms with Crippen molar-refractivity contribution in [1.29, 1.82) is 0 Å². The van der Waals surface area contributed by atoms with E-state index in [-0.39, 0.29) is 0 Å². The Labute approximate surface area is 146 Å². The standard InChI is InChI=1S/C21H26N2Si/c1-24(2)20-14-18(22-9-3-10-22)7-5-16(20)13-17-6-8-19(15-21(17)24)23-11-4-12-23/h5-8,14-15H,3-4,9-13H2,1-2H3. The molecule has 0 spiro atoms. The van der Waals surface area contributed by atoms with E-state index >= 15 is 0 Å². The zero-order valence-corrected chi connectivity index (χ0v) is 15.8. The molecule has 2 nitrogen and oxygen atoms in total. The molecule has 3 aliphatic heterocycles. The van der Waals surface area contributed by atoms with E-state index in [4.69, 9.17) is 0 Å². The first-order valence-electron chi connectivity index (χ1n) is 9.40. The smallest absolute Gasteiger partial charge is 0.113 e. The molecule has 3 heterocycles. The fraction of sp³-hybridized carbons (Fsp3) is 0.429. The van der Waals surface area contributed by atoms with Gasteiger partial charge in [0, 0.05) is 37.6 Å². The molecule has 0 unspecified atom stereocenters. The summed E-state index contributed by atoms with van der Waals surface area (Å²) in [5.74, 6) is 0. The van der Waals surface area contributed by atoms with E-state index in [9.17, 15) is 0 Å². The molecule has 24 heavy (non-hydrogen) atoms. The van der Waals surface area contributed by atoms with Gasteiger partial charge in [-0.05, 0) is 65.0 Å². The lowest BCUT2D eigenvalue weighted by Crippen LogP contribution is -2.58. The molecule has 0 saturated carbocycles. The zero-order chi connectivity index (χ0) is 16.3. The SMILES string of the molecule is C[Si]1(C)c2cc(N3CCC3)ccc2Cc2ccc(N3CCC3)cc21. The van der Waals surface area contributed by atoms with Crippen LogP contribution in [0.1, 0.15) is 24.0 Å². The van der Waals surface area contributed by atoms with Crippen molar-refractivity contribution in [2.75, 3.05) is 36.0 Å². The van der Waals surface area contributed by atoms with E-state index in [0.717, 1.165) is 6.42 Å². The van der Waals surface area contributed by atoms with Gasteiger partial charge in [0.25, 0.3) is 0 Å². The zero-order valence-electron chi connectivity index (χ0n) is 14.8. The molecule has 0 atom stereocenters. The van der Waals surface area contributed by atoms with Crippen molar-refractivity contribution in [3.63, 3.8) is 0 Å². The highest BCUT2D eigenvalue weighted by molar-refractivity contribution is 7.01. The summed E-state index contributed by atoms with van der Waals surface area (Å²) in [5, 5.41) is 3.33. The maximum absolute atomic E-state index is 2.55. The Bertz CT molecular complexity index is 738. The number of hydrogen-bond acceptors (Lipinski definition) is 2. The lowest BCUT2D eigenvalue weighted by atomic mass is 10.0. The van der Waals surface area contributed by atoms with Crippen LogP contribution >= 0.6 is 0 Å². The van der Waals surface area contributed by atoms with Crippen LogP contribution in [0.15, 0.2) is 36.4 Å². The fourth-order valence-electron chi connectivity index (χ4n) is 4.49. The van der Waals surface area contributed by atoms with Gasteiger partial charge >= 0.3 is 0 Å². The number of benzene rings is 2. The molecular weight excluding hydrogens is 308 g/mol. The summed E-state index contributed by atoms with van der Waals surface area (Å²) < 4.78 is 0. The monoisotopic (exact) mass is 334 g/mol. The first-order valence-corrected chi connectivity index (χ1v) is 12.4. The molecule has 2 aromatic rings. The van der Waals surface area contributed by atoms with Gasteiger partial charge in [0.15, 0.2) is 0 Å². The minimum absolute atomic E-state index is 1.11. The van der Waals surface area contributed by atoms with Gasteiger partial charge in [0.05, 0.1) is 0 Å². The second-order valence-electron chi connectivity index (χ2n) is 8.17. The third kappa shape index (κ3) is 2.07. The summed E-state index contributed by atoms with van der Waals surface area (Å²) in [5.41, 5.74) is 6.03. The lowest BCUT2D eigenvalue weighted by Gasteiger charge is -2.39. The van der Waals surface area contributed by atoms with Gasteiger partial charge in [-0.25, -0.2) is 0 Å². The first kappa shape index (κ1) is 14.6.